The molecule has 4 heteroatoms. The zero-order chi connectivity index (χ0) is 13.9. The van der Waals surface area contributed by atoms with Crippen molar-refractivity contribution in [2.24, 2.45) is 5.41 Å². The van der Waals surface area contributed by atoms with Gasteiger partial charge in [-0.1, -0.05) is 13.8 Å². The number of aliphatic carboxylic acids is 1. The monoisotopic (exact) mass is 249 g/mol. The molecule has 0 radical (unpaired) electrons. The van der Waals surface area contributed by atoms with Crippen LogP contribution in [0, 0.1) is 5.41 Å². The average Bonchev–Trinajstić information content (AvgIpc) is 2.26. The Hall–Kier alpha value is -1.84. The fourth-order valence-corrected chi connectivity index (χ4v) is 1.76. The van der Waals surface area contributed by atoms with Crippen LogP contribution < -0.4 is 4.90 Å². The third kappa shape index (κ3) is 3.32. The number of rotatable bonds is 5. The van der Waals surface area contributed by atoms with E-state index in [-0.39, 0.29) is 12.2 Å². The third-order valence-electron chi connectivity index (χ3n) is 2.85. The Morgan fingerprint density at radius 2 is 1.67 bits per heavy atom. The maximum Gasteiger partial charge on any atom is 0.304 e. The lowest BCUT2D eigenvalue weighted by Gasteiger charge is -2.21. The number of hydrogen-bond donors (Lipinski definition) is 1. The molecule has 1 aromatic carbocycles. The summed E-state index contributed by atoms with van der Waals surface area (Å²) in [5, 5.41) is 8.80. The minimum Gasteiger partial charge on any atom is -0.481 e. The fourth-order valence-electron chi connectivity index (χ4n) is 1.76. The number of nitrogens with zero attached hydrogens (tertiary/aromatic N) is 1. The smallest absolute Gasteiger partial charge is 0.304 e. The van der Waals surface area contributed by atoms with E-state index in [1.54, 1.807) is 26.0 Å². The lowest BCUT2D eigenvalue weighted by atomic mass is 9.81. The molecular weight excluding hydrogens is 230 g/mol. The highest BCUT2D eigenvalue weighted by atomic mass is 16.4. The van der Waals surface area contributed by atoms with Crippen molar-refractivity contribution in [1.29, 1.82) is 0 Å². The quantitative estimate of drug-likeness (QED) is 0.814. The van der Waals surface area contributed by atoms with Crippen LogP contribution in [0.25, 0.3) is 0 Å². The van der Waals surface area contributed by atoms with Gasteiger partial charge in [0.15, 0.2) is 5.78 Å². The molecule has 0 aliphatic carbocycles. The van der Waals surface area contributed by atoms with Crippen molar-refractivity contribution in [2.45, 2.75) is 20.3 Å². The molecule has 0 atom stereocenters. The number of ketones is 1. The van der Waals surface area contributed by atoms with Crippen molar-refractivity contribution < 1.29 is 14.7 Å². The van der Waals surface area contributed by atoms with Crippen LogP contribution in [0.2, 0.25) is 0 Å². The van der Waals surface area contributed by atoms with E-state index < -0.39 is 11.4 Å². The standard InChI is InChI=1S/C14H19NO3/c1-14(2,9-12(16)17)13(18)10-5-7-11(8-6-10)15(3)4/h5-8H,9H2,1-4H3,(H,16,17). The molecule has 0 saturated heterocycles. The van der Waals surface area contributed by atoms with E-state index >= 15 is 0 Å². The predicted molar refractivity (Wildman–Crippen MR) is 71.1 cm³/mol. The van der Waals surface area contributed by atoms with Crippen LogP contribution in [0.4, 0.5) is 5.69 Å². The van der Waals surface area contributed by atoms with E-state index in [9.17, 15) is 9.59 Å². The van der Waals surface area contributed by atoms with E-state index in [2.05, 4.69) is 0 Å². The minimum absolute atomic E-state index is 0.143. The molecular formula is C14H19NO3. The molecule has 4 nitrogen and oxygen atoms in total. The van der Waals surface area contributed by atoms with Crippen molar-refractivity contribution >= 4 is 17.4 Å². The molecule has 0 aliphatic rings. The summed E-state index contributed by atoms with van der Waals surface area (Å²) in [7, 11) is 3.84. The van der Waals surface area contributed by atoms with Crippen LogP contribution in [-0.2, 0) is 4.79 Å². The maximum atomic E-state index is 12.2. The predicted octanol–water partition coefficient (Wildman–Crippen LogP) is 2.44. The summed E-state index contributed by atoms with van der Waals surface area (Å²) < 4.78 is 0. The summed E-state index contributed by atoms with van der Waals surface area (Å²) in [4.78, 5) is 24.9. The molecule has 0 amide bonds. The van der Waals surface area contributed by atoms with Crippen LogP contribution in [0.3, 0.4) is 0 Å². The van der Waals surface area contributed by atoms with Gasteiger partial charge < -0.3 is 10.0 Å². The van der Waals surface area contributed by atoms with Crippen LogP contribution >= 0.6 is 0 Å². The molecule has 0 heterocycles. The number of Topliss-reactive ketones (excluding diaryl/α,β-unsaturated/α-hetero) is 1. The Kier molecular flexibility index (Phi) is 4.11. The van der Waals surface area contributed by atoms with Gasteiger partial charge in [0, 0.05) is 30.8 Å². The molecule has 0 spiro atoms. The van der Waals surface area contributed by atoms with Gasteiger partial charge in [-0.2, -0.15) is 0 Å². The van der Waals surface area contributed by atoms with Crippen LogP contribution in [0.15, 0.2) is 24.3 Å². The number of benzene rings is 1. The van der Waals surface area contributed by atoms with E-state index in [1.807, 2.05) is 31.1 Å². The minimum atomic E-state index is -0.960. The van der Waals surface area contributed by atoms with Gasteiger partial charge in [-0.05, 0) is 24.3 Å². The molecule has 0 saturated carbocycles. The van der Waals surface area contributed by atoms with Gasteiger partial charge in [0.1, 0.15) is 0 Å². The molecule has 98 valence electrons. The number of hydrogen-bond acceptors (Lipinski definition) is 3. The number of carboxylic acid groups (broad SMARTS) is 1. The Morgan fingerprint density at radius 1 is 1.17 bits per heavy atom. The first kappa shape index (κ1) is 14.2. The molecule has 0 bridgehead atoms. The number of carboxylic acids is 1. The first-order chi connectivity index (χ1) is 8.24. The van der Waals surface area contributed by atoms with Crippen molar-refractivity contribution in [1.82, 2.24) is 0 Å². The highest BCUT2D eigenvalue weighted by molar-refractivity contribution is 6.01. The number of carbonyl (C=O) groups excluding carboxylic acids is 1. The zero-order valence-corrected chi connectivity index (χ0v) is 11.2. The van der Waals surface area contributed by atoms with Crippen molar-refractivity contribution in [2.75, 3.05) is 19.0 Å². The van der Waals surface area contributed by atoms with Gasteiger partial charge in [-0.25, -0.2) is 0 Å². The second-order valence-corrected chi connectivity index (χ2v) is 5.22. The van der Waals surface area contributed by atoms with Gasteiger partial charge >= 0.3 is 5.97 Å². The van der Waals surface area contributed by atoms with Crippen LogP contribution in [-0.4, -0.2) is 31.0 Å². The van der Waals surface area contributed by atoms with E-state index in [0.29, 0.717) is 5.56 Å². The van der Waals surface area contributed by atoms with Crippen LogP contribution in [0.1, 0.15) is 30.6 Å². The summed E-state index contributed by atoms with van der Waals surface area (Å²) in [6.07, 6.45) is -0.165. The number of carbonyl (C=O) groups is 2. The largest absolute Gasteiger partial charge is 0.481 e. The zero-order valence-electron chi connectivity index (χ0n) is 11.2. The topological polar surface area (TPSA) is 57.6 Å². The maximum absolute atomic E-state index is 12.2. The third-order valence-corrected chi connectivity index (χ3v) is 2.85. The highest BCUT2D eigenvalue weighted by Gasteiger charge is 2.31. The first-order valence-electron chi connectivity index (χ1n) is 5.78. The molecule has 18 heavy (non-hydrogen) atoms. The Bertz CT molecular complexity index is 447. The van der Waals surface area contributed by atoms with Crippen molar-refractivity contribution in [3.8, 4) is 0 Å². The van der Waals surface area contributed by atoms with Gasteiger partial charge in [-0.15, -0.1) is 0 Å². The van der Waals surface area contributed by atoms with E-state index in [1.165, 1.54) is 0 Å². The molecule has 1 aromatic rings. The SMILES string of the molecule is CN(C)c1ccc(C(=O)C(C)(C)CC(=O)O)cc1. The van der Waals surface area contributed by atoms with Gasteiger partial charge in [-0.3, -0.25) is 9.59 Å². The fraction of sp³-hybridized carbons (Fsp3) is 0.429. The summed E-state index contributed by atoms with van der Waals surface area (Å²) in [6.45, 7) is 3.31. The Balaban J connectivity index is 2.93. The summed E-state index contributed by atoms with van der Waals surface area (Å²) in [5.74, 6) is -1.10. The second-order valence-electron chi connectivity index (χ2n) is 5.22. The molecule has 1 rings (SSSR count). The van der Waals surface area contributed by atoms with Crippen LogP contribution in [0.5, 0.6) is 0 Å². The molecule has 0 aromatic heterocycles. The summed E-state index contributed by atoms with van der Waals surface area (Å²) in [6, 6.07) is 7.18. The van der Waals surface area contributed by atoms with Crippen molar-refractivity contribution in [3.63, 3.8) is 0 Å². The van der Waals surface area contributed by atoms with Gasteiger partial charge in [0.2, 0.25) is 0 Å². The highest BCUT2D eigenvalue weighted by Crippen LogP contribution is 2.26. The number of anilines is 1. The van der Waals surface area contributed by atoms with Gasteiger partial charge in [0.25, 0.3) is 0 Å². The Labute approximate surface area is 107 Å². The average molecular weight is 249 g/mol. The summed E-state index contributed by atoms with van der Waals surface area (Å²) in [5.41, 5.74) is 0.667. The van der Waals surface area contributed by atoms with E-state index in [0.717, 1.165) is 5.69 Å². The Morgan fingerprint density at radius 3 is 2.06 bits per heavy atom. The van der Waals surface area contributed by atoms with E-state index in [4.69, 9.17) is 5.11 Å². The van der Waals surface area contributed by atoms with Gasteiger partial charge in [0.05, 0.1) is 6.42 Å². The van der Waals surface area contributed by atoms with Crippen molar-refractivity contribution in [3.05, 3.63) is 29.8 Å². The molecule has 0 fully saturated rings. The molecule has 1 N–H and O–H groups in total. The lowest BCUT2D eigenvalue weighted by Crippen LogP contribution is -2.27. The summed E-state index contributed by atoms with van der Waals surface area (Å²) >= 11 is 0. The second kappa shape index (κ2) is 5.21. The lowest BCUT2D eigenvalue weighted by molar-refractivity contribution is -0.138. The normalized spacial score (nSPS) is 11.1. The first-order valence-corrected chi connectivity index (χ1v) is 5.78. The molecule has 0 unspecified atom stereocenters. The molecule has 0 aliphatic heterocycles.